The average Bonchev–Trinajstić information content (AvgIpc) is 2.27. The lowest BCUT2D eigenvalue weighted by Crippen LogP contribution is -2.34. The van der Waals surface area contributed by atoms with Crippen molar-refractivity contribution in [3.05, 3.63) is 29.6 Å². The van der Waals surface area contributed by atoms with E-state index in [2.05, 4.69) is 10.3 Å². The molecule has 0 aliphatic rings. The van der Waals surface area contributed by atoms with Crippen molar-refractivity contribution in [2.24, 2.45) is 11.7 Å². The van der Waals surface area contributed by atoms with E-state index in [-0.39, 0.29) is 11.8 Å². The summed E-state index contributed by atoms with van der Waals surface area (Å²) in [6, 6.07) is 3.92. The van der Waals surface area contributed by atoms with Crippen molar-refractivity contribution in [3.63, 3.8) is 0 Å². The summed E-state index contributed by atoms with van der Waals surface area (Å²) in [5.41, 5.74) is 7.56. The molecular formula is C11H17N3O. The normalized spacial score (nSPS) is 12.2. The number of aromatic nitrogens is 1. The minimum absolute atomic E-state index is 0.0157. The third kappa shape index (κ3) is 3.32. The Kier molecular flexibility index (Phi) is 4.24. The molecule has 0 fully saturated rings. The highest BCUT2D eigenvalue weighted by Crippen LogP contribution is 2.07. The van der Waals surface area contributed by atoms with Gasteiger partial charge in [-0.3, -0.25) is 9.78 Å². The van der Waals surface area contributed by atoms with Crippen molar-refractivity contribution in [1.29, 1.82) is 0 Å². The topological polar surface area (TPSA) is 68.0 Å². The van der Waals surface area contributed by atoms with Crippen LogP contribution >= 0.6 is 0 Å². The van der Waals surface area contributed by atoms with Crippen LogP contribution in [-0.4, -0.2) is 24.5 Å². The van der Waals surface area contributed by atoms with Gasteiger partial charge in [-0.05, 0) is 25.0 Å². The van der Waals surface area contributed by atoms with Gasteiger partial charge in [0.05, 0.1) is 5.92 Å². The van der Waals surface area contributed by atoms with Crippen molar-refractivity contribution >= 4 is 5.91 Å². The number of carbonyl (C=O) groups is 1. The zero-order valence-electron chi connectivity index (χ0n) is 9.16. The highest BCUT2D eigenvalue weighted by Gasteiger charge is 2.15. The van der Waals surface area contributed by atoms with E-state index in [4.69, 9.17) is 5.73 Å². The van der Waals surface area contributed by atoms with E-state index in [0.29, 0.717) is 13.0 Å². The van der Waals surface area contributed by atoms with Gasteiger partial charge in [0.2, 0.25) is 5.91 Å². The second-order valence-corrected chi connectivity index (χ2v) is 3.56. The van der Waals surface area contributed by atoms with E-state index in [1.54, 1.807) is 13.2 Å². The maximum Gasteiger partial charge on any atom is 0.224 e. The predicted octanol–water partition coefficient (Wildman–Crippen LogP) is 0.253. The molecular weight excluding hydrogens is 190 g/mol. The summed E-state index contributed by atoms with van der Waals surface area (Å²) in [6.45, 7) is 2.29. The molecule has 4 heteroatoms. The molecule has 1 atom stereocenters. The van der Waals surface area contributed by atoms with Gasteiger partial charge in [0.25, 0.3) is 0 Å². The van der Waals surface area contributed by atoms with Gasteiger partial charge >= 0.3 is 0 Å². The summed E-state index contributed by atoms with van der Waals surface area (Å²) >= 11 is 0. The molecule has 0 bridgehead atoms. The van der Waals surface area contributed by atoms with Crippen LogP contribution in [0.4, 0.5) is 0 Å². The molecule has 0 aliphatic carbocycles. The second-order valence-electron chi connectivity index (χ2n) is 3.56. The van der Waals surface area contributed by atoms with E-state index >= 15 is 0 Å². The number of rotatable bonds is 4. The Balaban J connectivity index is 2.66. The number of nitrogens with one attached hydrogen (secondary N) is 1. The number of nitrogens with zero attached hydrogens (tertiary/aromatic N) is 1. The molecule has 1 aromatic heterocycles. The number of hydrogen-bond acceptors (Lipinski definition) is 3. The Morgan fingerprint density at radius 3 is 2.80 bits per heavy atom. The largest absolute Gasteiger partial charge is 0.359 e. The van der Waals surface area contributed by atoms with E-state index < -0.39 is 0 Å². The Labute approximate surface area is 89.9 Å². The first kappa shape index (κ1) is 11.7. The summed E-state index contributed by atoms with van der Waals surface area (Å²) in [5, 5.41) is 2.61. The molecule has 4 nitrogen and oxygen atoms in total. The number of carbonyl (C=O) groups excluding carboxylic acids is 1. The van der Waals surface area contributed by atoms with E-state index in [1.807, 2.05) is 19.1 Å². The Hall–Kier alpha value is -1.42. The fourth-order valence-corrected chi connectivity index (χ4v) is 1.39. The number of amides is 1. The molecule has 82 valence electrons. The van der Waals surface area contributed by atoms with Gasteiger partial charge in [0.15, 0.2) is 0 Å². The maximum absolute atomic E-state index is 11.4. The molecule has 0 radical (unpaired) electrons. The number of aryl methyl sites for hydroxylation is 1. The van der Waals surface area contributed by atoms with E-state index in [9.17, 15) is 4.79 Å². The molecule has 0 saturated carbocycles. The molecule has 0 spiro atoms. The fraction of sp³-hybridized carbons (Fsp3) is 0.455. The molecule has 1 aromatic rings. The molecule has 15 heavy (non-hydrogen) atoms. The third-order valence-corrected chi connectivity index (χ3v) is 2.36. The number of pyridine rings is 1. The van der Waals surface area contributed by atoms with Crippen molar-refractivity contribution in [1.82, 2.24) is 10.3 Å². The Bertz CT molecular complexity index is 321. The predicted molar refractivity (Wildman–Crippen MR) is 59.3 cm³/mol. The molecule has 1 rings (SSSR count). The summed E-state index contributed by atoms with van der Waals surface area (Å²) in [4.78, 5) is 15.6. The Morgan fingerprint density at radius 1 is 1.60 bits per heavy atom. The lowest BCUT2D eigenvalue weighted by molar-refractivity contribution is -0.124. The van der Waals surface area contributed by atoms with E-state index in [0.717, 1.165) is 11.3 Å². The Morgan fingerprint density at radius 2 is 2.33 bits per heavy atom. The highest BCUT2D eigenvalue weighted by molar-refractivity contribution is 5.78. The van der Waals surface area contributed by atoms with Crippen molar-refractivity contribution in [2.75, 3.05) is 13.6 Å². The van der Waals surface area contributed by atoms with Gasteiger partial charge in [-0.25, -0.2) is 0 Å². The van der Waals surface area contributed by atoms with Crippen LogP contribution in [0.25, 0.3) is 0 Å². The van der Waals surface area contributed by atoms with Crippen molar-refractivity contribution < 1.29 is 4.79 Å². The quantitative estimate of drug-likeness (QED) is 0.744. The smallest absolute Gasteiger partial charge is 0.224 e. The summed E-state index contributed by atoms with van der Waals surface area (Å²) in [5.74, 6) is -0.183. The van der Waals surface area contributed by atoms with Gasteiger partial charge in [-0.15, -0.1) is 0 Å². The van der Waals surface area contributed by atoms with Gasteiger partial charge in [0, 0.05) is 25.5 Å². The second kappa shape index (κ2) is 5.46. The van der Waals surface area contributed by atoms with Crippen LogP contribution < -0.4 is 11.1 Å². The van der Waals surface area contributed by atoms with Gasteiger partial charge in [-0.2, -0.15) is 0 Å². The monoisotopic (exact) mass is 207 g/mol. The molecule has 0 aromatic carbocycles. The molecule has 3 N–H and O–H groups in total. The summed E-state index contributed by atoms with van der Waals surface area (Å²) in [7, 11) is 1.62. The number of nitrogens with two attached hydrogens (primary N) is 1. The standard InChI is InChI=1S/C11H17N3O/c1-8-3-4-9(7-14-8)5-10(6-12)11(15)13-2/h3-4,7,10H,5-6,12H2,1-2H3,(H,13,15). The molecule has 1 amide bonds. The van der Waals surface area contributed by atoms with Gasteiger partial charge < -0.3 is 11.1 Å². The van der Waals surface area contributed by atoms with Crippen LogP contribution in [0.2, 0.25) is 0 Å². The highest BCUT2D eigenvalue weighted by atomic mass is 16.1. The van der Waals surface area contributed by atoms with Gasteiger partial charge in [0.1, 0.15) is 0 Å². The lowest BCUT2D eigenvalue weighted by Gasteiger charge is -2.12. The first-order valence-electron chi connectivity index (χ1n) is 5.00. The van der Waals surface area contributed by atoms with Crippen LogP contribution in [0.15, 0.2) is 18.3 Å². The molecule has 0 aliphatic heterocycles. The van der Waals surface area contributed by atoms with Crippen LogP contribution in [-0.2, 0) is 11.2 Å². The minimum atomic E-state index is -0.167. The average molecular weight is 207 g/mol. The van der Waals surface area contributed by atoms with Crippen LogP contribution in [0.3, 0.4) is 0 Å². The van der Waals surface area contributed by atoms with Crippen LogP contribution in [0.1, 0.15) is 11.3 Å². The molecule has 0 saturated heterocycles. The third-order valence-electron chi connectivity index (χ3n) is 2.36. The van der Waals surface area contributed by atoms with E-state index in [1.165, 1.54) is 0 Å². The van der Waals surface area contributed by atoms with Gasteiger partial charge in [-0.1, -0.05) is 6.07 Å². The fourth-order valence-electron chi connectivity index (χ4n) is 1.39. The molecule has 1 heterocycles. The van der Waals surface area contributed by atoms with Crippen molar-refractivity contribution in [3.8, 4) is 0 Å². The van der Waals surface area contributed by atoms with Crippen LogP contribution in [0, 0.1) is 12.8 Å². The maximum atomic E-state index is 11.4. The number of hydrogen-bond donors (Lipinski definition) is 2. The summed E-state index contributed by atoms with van der Waals surface area (Å²) < 4.78 is 0. The molecule has 1 unspecified atom stereocenters. The zero-order chi connectivity index (χ0) is 11.3. The first-order chi connectivity index (χ1) is 7.17. The first-order valence-corrected chi connectivity index (χ1v) is 5.00. The zero-order valence-corrected chi connectivity index (χ0v) is 9.16. The van der Waals surface area contributed by atoms with Crippen molar-refractivity contribution in [2.45, 2.75) is 13.3 Å². The summed E-state index contributed by atoms with van der Waals surface area (Å²) in [6.07, 6.45) is 2.43. The van der Waals surface area contributed by atoms with Crippen LogP contribution in [0.5, 0.6) is 0 Å². The minimum Gasteiger partial charge on any atom is -0.359 e. The lowest BCUT2D eigenvalue weighted by atomic mass is 10.00. The SMILES string of the molecule is CNC(=O)C(CN)Cc1ccc(C)nc1.